The Morgan fingerprint density at radius 3 is 2.70 bits per heavy atom. The Hall–Kier alpha value is -1.92. The molecule has 1 aliphatic rings. The van der Waals surface area contributed by atoms with Crippen LogP contribution in [-0.2, 0) is 22.6 Å². The molecule has 0 aliphatic carbocycles. The molecule has 2 atom stereocenters. The van der Waals surface area contributed by atoms with Gasteiger partial charge in [-0.3, -0.25) is 4.79 Å². The number of hydrogen-bond donors (Lipinski definition) is 4. The fourth-order valence-corrected chi connectivity index (χ4v) is 2.30. The summed E-state index contributed by atoms with van der Waals surface area (Å²) in [6, 6.07) is 6.35. The van der Waals surface area contributed by atoms with Crippen LogP contribution in [0.4, 0.5) is 0 Å². The molecule has 0 fully saturated rings. The van der Waals surface area contributed by atoms with Gasteiger partial charge in [-0.15, -0.1) is 0 Å². The highest BCUT2D eigenvalue weighted by Gasteiger charge is 2.27. The SMILES string of the molecule is O=C(O)[C@@H](CCO)NC(=O)[C@H]1Cc2ccccc2CN1. The van der Waals surface area contributed by atoms with Gasteiger partial charge in [0.15, 0.2) is 0 Å². The van der Waals surface area contributed by atoms with Gasteiger partial charge in [0.25, 0.3) is 0 Å². The van der Waals surface area contributed by atoms with E-state index in [1.807, 2.05) is 24.3 Å². The van der Waals surface area contributed by atoms with Gasteiger partial charge in [0.1, 0.15) is 6.04 Å². The van der Waals surface area contributed by atoms with Crippen LogP contribution in [0.3, 0.4) is 0 Å². The topological polar surface area (TPSA) is 98.7 Å². The van der Waals surface area contributed by atoms with E-state index in [1.165, 1.54) is 0 Å². The lowest BCUT2D eigenvalue weighted by molar-refractivity contribution is -0.142. The fraction of sp³-hybridized carbons (Fsp3) is 0.429. The van der Waals surface area contributed by atoms with E-state index in [1.54, 1.807) is 0 Å². The Morgan fingerprint density at radius 1 is 1.35 bits per heavy atom. The van der Waals surface area contributed by atoms with Crippen molar-refractivity contribution in [2.24, 2.45) is 0 Å². The maximum atomic E-state index is 12.1. The Morgan fingerprint density at radius 2 is 2.05 bits per heavy atom. The van der Waals surface area contributed by atoms with Crippen LogP contribution in [0, 0.1) is 0 Å². The third-order valence-electron chi connectivity index (χ3n) is 3.43. The van der Waals surface area contributed by atoms with Crippen molar-refractivity contribution in [2.75, 3.05) is 6.61 Å². The molecule has 0 spiro atoms. The quantitative estimate of drug-likeness (QED) is 0.590. The first-order valence-electron chi connectivity index (χ1n) is 6.56. The van der Waals surface area contributed by atoms with Crippen LogP contribution in [0.25, 0.3) is 0 Å². The first kappa shape index (κ1) is 14.5. The zero-order valence-electron chi connectivity index (χ0n) is 11.0. The average Bonchev–Trinajstić information content (AvgIpc) is 2.46. The molecule has 0 aromatic heterocycles. The highest BCUT2D eigenvalue weighted by atomic mass is 16.4. The standard InChI is InChI=1S/C14H18N2O4/c17-6-5-11(14(19)20)16-13(18)12-7-9-3-1-2-4-10(9)8-15-12/h1-4,11-12,15,17H,5-8H2,(H,16,18)(H,19,20)/t11-,12-/m1/s1. The molecule has 0 bridgehead atoms. The number of nitrogens with one attached hydrogen (secondary N) is 2. The van der Waals surface area contributed by atoms with Crippen molar-refractivity contribution in [3.05, 3.63) is 35.4 Å². The maximum Gasteiger partial charge on any atom is 0.326 e. The lowest BCUT2D eigenvalue weighted by atomic mass is 9.95. The predicted octanol–water partition coefficient (Wildman–Crippen LogP) is -0.347. The molecule has 20 heavy (non-hydrogen) atoms. The van der Waals surface area contributed by atoms with Crippen molar-refractivity contribution in [1.29, 1.82) is 0 Å². The third-order valence-corrected chi connectivity index (χ3v) is 3.43. The smallest absolute Gasteiger partial charge is 0.326 e. The molecule has 1 heterocycles. The van der Waals surface area contributed by atoms with Gasteiger partial charge in [-0.05, 0) is 17.5 Å². The Labute approximate surface area is 116 Å². The maximum absolute atomic E-state index is 12.1. The van der Waals surface area contributed by atoms with Crippen molar-refractivity contribution in [3.63, 3.8) is 0 Å². The number of aliphatic hydroxyl groups excluding tert-OH is 1. The van der Waals surface area contributed by atoms with Gasteiger partial charge < -0.3 is 20.8 Å². The molecular weight excluding hydrogens is 260 g/mol. The van der Waals surface area contributed by atoms with E-state index in [-0.39, 0.29) is 18.9 Å². The van der Waals surface area contributed by atoms with E-state index in [0.717, 1.165) is 11.1 Å². The molecule has 4 N–H and O–H groups in total. The minimum atomic E-state index is -1.14. The first-order chi connectivity index (χ1) is 9.61. The van der Waals surface area contributed by atoms with Crippen LogP contribution in [-0.4, -0.2) is 40.8 Å². The molecular formula is C14H18N2O4. The summed E-state index contributed by atoms with van der Waals surface area (Å²) in [5, 5.41) is 23.3. The number of carbonyl (C=O) groups excluding carboxylic acids is 1. The normalized spacial score (nSPS) is 18.9. The monoisotopic (exact) mass is 278 g/mol. The molecule has 6 heteroatoms. The molecule has 1 aromatic carbocycles. The average molecular weight is 278 g/mol. The lowest BCUT2D eigenvalue weighted by Crippen LogP contribution is -2.52. The van der Waals surface area contributed by atoms with Crippen LogP contribution < -0.4 is 10.6 Å². The van der Waals surface area contributed by atoms with Crippen LogP contribution >= 0.6 is 0 Å². The molecule has 0 saturated carbocycles. The summed E-state index contributed by atoms with van der Waals surface area (Å²) in [5.74, 6) is -1.48. The number of carboxylic acid groups (broad SMARTS) is 1. The number of aliphatic carboxylic acids is 1. The highest BCUT2D eigenvalue weighted by molar-refractivity contribution is 5.87. The zero-order chi connectivity index (χ0) is 14.5. The van der Waals surface area contributed by atoms with Gasteiger partial charge in [-0.1, -0.05) is 24.3 Å². The second-order valence-corrected chi connectivity index (χ2v) is 4.82. The van der Waals surface area contributed by atoms with E-state index >= 15 is 0 Å². The number of fused-ring (bicyclic) bond motifs is 1. The van der Waals surface area contributed by atoms with Gasteiger partial charge >= 0.3 is 5.97 Å². The largest absolute Gasteiger partial charge is 0.480 e. The fourth-order valence-electron chi connectivity index (χ4n) is 2.30. The second kappa shape index (κ2) is 6.49. The minimum Gasteiger partial charge on any atom is -0.480 e. The van der Waals surface area contributed by atoms with E-state index in [0.29, 0.717) is 13.0 Å². The van der Waals surface area contributed by atoms with Gasteiger partial charge in [-0.2, -0.15) is 0 Å². The van der Waals surface area contributed by atoms with Gasteiger partial charge in [0.05, 0.1) is 6.04 Å². The first-order valence-corrected chi connectivity index (χ1v) is 6.56. The van der Waals surface area contributed by atoms with Crippen LogP contribution in [0.5, 0.6) is 0 Å². The summed E-state index contributed by atoms with van der Waals surface area (Å²) in [6.07, 6.45) is 0.540. The Balaban J connectivity index is 1.99. The molecule has 108 valence electrons. The summed E-state index contributed by atoms with van der Waals surface area (Å²) in [6.45, 7) is 0.310. The van der Waals surface area contributed by atoms with Crippen LogP contribution in [0.15, 0.2) is 24.3 Å². The lowest BCUT2D eigenvalue weighted by Gasteiger charge is -2.26. The molecule has 1 amide bonds. The number of carbonyl (C=O) groups is 2. The Kier molecular flexibility index (Phi) is 4.70. The minimum absolute atomic E-state index is 0.00435. The summed E-state index contributed by atoms with van der Waals surface area (Å²) in [4.78, 5) is 23.0. The number of amides is 1. The molecule has 1 aromatic rings. The van der Waals surface area contributed by atoms with Crippen molar-refractivity contribution in [1.82, 2.24) is 10.6 Å². The van der Waals surface area contributed by atoms with Crippen molar-refractivity contribution < 1.29 is 19.8 Å². The van der Waals surface area contributed by atoms with Crippen molar-refractivity contribution in [3.8, 4) is 0 Å². The number of hydrogen-bond acceptors (Lipinski definition) is 4. The third kappa shape index (κ3) is 3.34. The Bertz CT molecular complexity index is 504. The molecule has 6 nitrogen and oxygen atoms in total. The van der Waals surface area contributed by atoms with Gasteiger partial charge in [-0.25, -0.2) is 4.79 Å². The summed E-state index contributed by atoms with van der Waals surface area (Å²) in [5.41, 5.74) is 2.25. The van der Waals surface area contributed by atoms with E-state index < -0.39 is 18.1 Å². The molecule has 1 aliphatic heterocycles. The van der Waals surface area contributed by atoms with Gasteiger partial charge in [0, 0.05) is 19.6 Å². The van der Waals surface area contributed by atoms with Crippen LogP contribution in [0.1, 0.15) is 17.5 Å². The van der Waals surface area contributed by atoms with Gasteiger partial charge in [0.2, 0.25) is 5.91 Å². The van der Waals surface area contributed by atoms with E-state index in [2.05, 4.69) is 10.6 Å². The molecule has 0 saturated heterocycles. The second-order valence-electron chi connectivity index (χ2n) is 4.82. The zero-order valence-corrected chi connectivity index (χ0v) is 11.0. The van der Waals surface area contributed by atoms with E-state index in [4.69, 9.17) is 10.2 Å². The molecule has 2 rings (SSSR count). The summed E-state index contributed by atoms with van der Waals surface area (Å²) in [7, 11) is 0. The highest BCUT2D eigenvalue weighted by Crippen LogP contribution is 2.16. The summed E-state index contributed by atoms with van der Waals surface area (Å²) < 4.78 is 0. The van der Waals surface area contributed by atoms with Crippen molar-refractivity contribution in [2.45, 2.75) is 31.5 Å². The van der Waals surface area contributed by atoms with Crippen molar-refractivity contribution >= 4 is 11.9 Å². The number of rotatable bonds is 5. The number of carboxylic acids is 1. The number of benzene rings is 1. The van der Waals surface area contributed by atoms with Crippen LogP contribution in [0.2, 0.25) is 0 Å². The number of aliphatic hydroxyl groups is 1. The summed E-state index contributed by atoms with van der Waals surface area (Å²) >= 11 is 0. The van der Waals surface area contributed by atoms with E-state index in [9.17, 15) is 9.59 Å². The molecule has 0 unspecified atom stereocenters. The molecule has 0 radical (unpaired) electrons. The predicted molar refractivity (Wildman–Crippen MR) is 72.0 cm³/mol.